The molecule has 3 rings (SSSR count). The number of likely N-dealkylation sites (tertiary alicyclic amines) is 1. The molecule has 0 bridgehead atoms. The lowest BCUT2D eigenvalue weighted by atomic mass is 9.97. The number of rotatable bonds is 5. The molecule has 1 N–H and O–H groups in total. The lowest BCUT2D eigenvalue weighted by Crippen LogP contribution is -2.39. The Labute approximate surface area is 123 Å². The number of hydrogen-bond acceptors (Lipinski definition) is 3. The van der Waals surface area contributed by atoms with Gasteiger partial charge in [0.1, 0.15) is 0 Å². The average Bonchev–Trinajstić information content (AvgIpc) is 3.21. The Morgan fingerprint density at radius 2 is 2.21 bits per heavy atom. The minimum absolute atomic E-state index is 0.828. The van der Waals surface area contributed by atoms with Crippen molar-refractivity contribution in [3.63, 3.8) is 0 Å². The molecule has 0 radical (unpaired) electrons. The van der Waals surface area contributed by atoms with E-state index in [4.69, 9.17) is 0 Å². The summed E-state index contributed by atoms with van der Waals surface area (Å²) in [7, 11) is 0. The first-order valence-electron chi connectivity index (χ1n) is 7.35. The second-order valence-corrected chi connectivity index (χ2v) is 6.85. The lowest BCUT2D eigenvalue weighted by molar-refractivity contribution is 0.165. The number of aromatic nitrogens is 1. The number of pyridine rings is 1. The van der Waals surface area contributed by atoms with Gasteiger partial charge < -0.3 is 5.32 Å². The molecule has 0 aromatic carbocycles. The molecule has 1 aromatic rings. The zero-order valence-electron chi connectivity index (χ0n) is 11.3. The van der Waals surface area contributed by atoms with Gasteiger partial charge in [-0.25, -0.2) is 0 Å². The third-order valence-electron chi connectivity index (χ3n) is 4.04. The minimum Gasteiger partial charge on any atom is -0.314 e. The summed E-state index contributed by atoms with van der Waals surface area (Å²) >= 11 is 3.50. The van der Waals surface area contributed by atoms with Gasteiger partial charge >= 0.3 is 0 Å². The van der Waals surface area contributed by atoms with Crippen LogP contribution in [0.5, 0.6) is 0 Å². The summed E-state index contributed by atoms with van der Waals surface area (Å²) in [5.74, 6) is 0.828. The van der Waals surface area contributed by atoms with Crippen molar-refractivity contribution in [1.82, 2.24) is 15.2 Å². The Balaban J connectivity index is 1.49. The molecule has 2 fully saturated rings. The van der Waals surface area contributed by atoms with E-state index >= 15 is 0 Å². The van der Waals surface area contributed by atoms with Gasteiger partial charge in [0, 0.05) is 36.0 Å². The van der Waals surface area contributed by atoms with Crippen molar-refractivity contribution in [3.05, 3.63) is 28.5 Å². The third-order valence-corrected chi connectivity index (χ3v) is 4.48. The van der Waals surface area contributed by atoms with Gasteiger partial charge in [0.05, 0.1) is 0 Å². The van der Waals surface area contributed by atoms with Crippen LogP contribution >= 0.6 is 15.9 Å². The van der Waals surface area contributed by atoms with Crippen molar-refractivity contribution >= 4 is 15.9 Å². The van der Waals surface area contributed by atoms with E-state index < -0.39 is 0 Å². The summed E-state index contributed by atoms with van der Waals surface area (Å²) < 4.78 is 1.08. The number of hydrogen-bond donors (Lipinski definition) is 1. The van der Waals surface area contributed by atoms with Crippen molar-refractivity contribution in [1.29, 1.82) is 0 Å². The smallest absolute Gasteiger partial charge is 0.0410 e. The first-order chi connectivity index (χ1) is 9.29. The molecule has 1 aromatic heterocycles. The van der Waals surface area contributed by atoms with Crippen LogP contribution in [0, 0.1) is 5.92 Å². The number of piperidine rings is 1. The maximum atomic E-state index is 4.25. The number of nitrogens with zero attached hydrogens (tertiary/aromatic N) is 2. The van der Waals surface area contributed by atoms with Crippen molar-refractivity contribution in [2.75, 3.05) is 19.6 Å². The Bertz CT molecular complexity index is 420. The molecule has 1 unspecified atom stereocenters. The van der Waals surface area contributed by atoms with Gasteiger partial charge in [0.2, 0.25) is 0 Å². The van der Waals surface area contributed by atoms with Gasteiger partial charge in [-0.1, -0.05) is 0 Å². The summed E-state index contributed by atoms with van der Waals surface area (Å²) in [4.78, 5) is 6.83. The maximum Gasteiger partial charge on any atom is 0.0410 e. The van der Waals surface area contributed by atoms with Gasteiger partial charge in [-0.2, -0.15) is 0 Å². The van der Waals surface area contributed by atoms with Gasteiger partial charge in [0.15, 0.2) is 0 Å². The molecule has 1 saturated heterocycles. The van der Waals surface area contributed by atoms with Crippen molar-refractivity contribution in [2.45, 2.75) is 38.3 Å². The van der Waals surface area contributed by atoms with Crippen molar-refractivity contribution < 1.29 is 0 Å². The zero-order valence-corrected chi connectivity index (χ0v) is 12.9. The highest BCUT2D eigenvalue weighted by atomic mass is 79.9. The fraction of sp³-hybridized carbons (Fsp3) is 0.667. The van der Waals surface area contributed by atoms with Gasteiger partial charge in [-0.3, -0.25) is 9.88 Å². The molecule has 1 aliphatic carbocycles. The standard InChI is InChI=1S/C15H22BrN3/c16-14-6-13(7-17-9-14)11-19-5-1-2-12(10-19)8-18-15-3-4-15/h6-7,9,12,15,18H,1-5,8,10-11H2. The highest BCUT2D eigenvalue weighted by molar-refractivity contribution is 9.10. The van der Waals surface area contributed by atoms with Crippen LogP contribution < -0.4 is 5.32 Å². The molecule has 3 nitrogen and oxygen atoms in total. The van der Waals surface area contributed by atoms with E-state index in [-0.39, 0.29) is 0 Å². The highest BCUT2D eigenvalue weighted by Crippen LogP contribution is 2.22. The molecule has 19 heavy (non-hydrogen) atoms. The summed E-state index contributed by atoms with van der Waals surface area (Å²) in [6.07, 6.45) is 9.32. The first kappa shape index (κ1) is 13.5. The van der Waals surface area contributed by atoms with Gasteiger partial charge in [0.25, 0.3) is 0 Å². The zero-order chi connectivity index (χ0) is 13.1. The fourth-order valence-corrected chi connectivity index (χ4v) is 3.30. The molecule has 1 atom stereocenters. The van der Waals surface area contributed by atoms with Crippen LogP contribution in [0.25, 0.3) is 0 Å². The van der Waals surface area contributed by atoms with E-state index in [0.717, 1.165) is 23.0 Å². The highest BCUT2D eigenvalue weighted by Gasteiger charge is 2.24. The minimum atomic E-state index is 0.828. The van der Waals surface area contributed by atoms with E-state index in [1.807, 2.05) is 12.4 Å². The van der Waals surface area contributed by atoms with Crippen LogP contribution in [-0.2, 0) is 6.54 Å². The summed E-state index contributed by atoms with van der Waals surface area (Å²) in [6, 6.07) is 3.02. The lowest BCUT2D eigenvalue weighted by Gasteiger charge is -2.33. The predicted octanol–water partition coefficient (Wildman–Crippen LogP) is 2.81. The Hall–Kier alpha value is -0.450. The summed E-state index contributed by atoms with van der Waals surface area (Å²) in [5.41, 5.74) is 1.31. The van der Waals surface area contributed by atoms with E-state index in [0.29, 0.717) is 0 Å². The van der Waals surface area contributed by atoms with Crippen LogP contribution in [0.1, 0.15) is 31.2 Å². The molecule has 0 spiro atoms. The molecular weight excluding hydrogens is 302 g/mol. The average molecular weight is 324 g/mol. The van der Waals surface area contributed by atoms with Crippen LogP contribution in [0.4, 0.5) is 0 Å². The van der Waals surface area contributed by atoms with Gasteiger partial charge in [-0.05, 0) is 72.3 Å². The molecule has 2 aliphatic rings. The molecular formula is C15H22BrN3. The quantitative estimate of drug-likeness (QED) is 0.903. The molecule has 1 saturated carbocycles. The molecule has 104 valence electrons. The molecule has 0 amide bonds. The molecule has 2 heterocycles. The molecule has 1 aliphatic heterocycles. The number of halogens is 1. The second kappa shape index (κ2) is 6.33. The van der Waals surface area contributed by atoms with Crippen LogP contribution in [0.15, 0.2) is 22.9 Å². The monoisotopic (exact) mass is 323 g/mol. The van der Waals surface area contributed by atoms with E-state index in [1.165, 1.54) is 50.9 Å². The van der Waals surface area contributed by atoms with Crippen LogP contribution in [0.3, 0.4) is 0 Å². The van der Waals surface area contributed by atoms with E-state index in [2.05, 4.69) is 37.2 Å². The Morgan fingerprint density at radius 1 is 1.32 bits per heavy atom. The Kier molecular flexibility index (Phi) is 4.51. The summed E-state index contributed by atoms with van der Waals surface area (Å²) in [6.45, 7) is 4.70. The van der Waals surface area contributed by atoms with Crippen molar-refractivity contribution in [3.8, 4) is 0 Å². The largest absolute Gasteiger partial charge is 0.314 e. The summed E-state index contributed by atoms with van der Waals surface area (Å²) in [5, 5.41) is 3.67. The van der Waals surface area contributed by atoms with E-state index in [9.17, 15) is 0 Å². The first-order valence-corrected chi connectivity index (χ1v) is 8.14. The SMILES string of the molecule is Brc1cncc(CN2CCCC(CNC3CC3)C2)c1. The van der Waals surface area contributed by atoms with Gasteiger partial charge in [-0.15, -0.1) is 0 Å². The maximum absolute atomic E-state index is 4.25. The number of nitrogens with one attached hydrogen (secondary N) is 1. The normalized spacial score (nSPS) is 24.6. The molecule has 4 heteroatoms. The fourth-order valence-electron chi connectivity index (χ4n) is 2.88. The van der Waals surface area contributed by atoms with Crippen LogP contribution in [0.2, 0.25) is 0 Å². The van der Waals surface area contributed by atoms with Crippen molar-refractivity contribution in [2.24, 2.45) is 5.92 Å². The van der Waals surface area contributed by atoms with Crippen LogP contribution in [-0.4, -0.2) is 35.6 Å². The second-order valence-electron chi connectivity index (χ2n) is 5.94. The topological polar surface area (TPSA) is 28.2 Å². The Morgan fingerprint density at radius 3 is 3.00 bits per heavy atom. The third kappa shape index (κ3) is 4.26. The van der Waals surface area contributed by atoms with E-state index in [1.54, 1.807) is 0 Å². The predicted molar refractivity (Wildman–Crippen MR) is 81.0 cm³/mol.